The molecule has 0 aliphatic rings. The third kappa shape index (κ3) is 2.57. The minimum atomic E-state index is -3.35. The first kappa shape index (κ1) is 12.6. The normalized spacial score (nSPS) is 12.3. The van der Waals surface area contributed by atoms with Crippen LogP contribution in [0.3, 0.4) is 0 Å². The number of hydrogen-bond donors (Lipinski definition) is 1. The molecule has 0 fully saturated rings. The molecule has 1 aromatic heterocycles. The Kier molecular flexibility index (Phi) is 4.27. The highest BCUT2D eigenvalue weighted by atomic mass is 32.2. The summed E-state index contributed by atoms with van der Waals surface area (Å²) in [5, 5.41) is 10.5. The molecule has 0 saturated carbocycles. The number of sulfonamides is 1. The first-order valence-electron chi connectivity index (χ1n) is 4.74. The fraction of sp³-hybridized carbons (Fsp3) is 0.556. The maximum Gasteiger partial charge on any atom is 0.252 e. The molecule has 0 unspecified atom stereocenters. The van der Waals surface area contributed by atoms with Gasteiger partial charge in [-0.2, -0.15) is 4.31 Å². The Morgan fingerprint density at radius 1 is 1.40 bits per heavy atom. The summed E-state index contributed by atoms with van der Waals surface area (Å²) in [6.07, 6.45) is 0. The first-order valence-corrected chi connectivity index (χ1v) is 7.06. The van der Waals surface area contributed by atoms with Crippen LogP contribution in [0.2, 0.25) is 0 Å². The zero-order valence-corrected chi connectivity index (χ0v) is 10.4. The average molecular weight is 249 g/mol. The molecule has 0 bridgehead atoms. The van der Waals surface area contributed by atoms with Crippen molar-refractivity contribution in [2.24, 2.45) is 0 Å². The highest BCUT2D eigenvalue weighted by Crippen LogP contribution is 2.23. The number of hydrogen-bond acceptors (Lipinski definition) is 4. The Morgan fingerprint density at radius 3 is 2.40 bits per heavy atom. The molecule has 0 radical (unpaired) electrons. The van der Waals surface area contributed by atoms with Gasteiger partial charge in [-0.3, -0.25) is 0 Å². The standard InChI is InChI=1S/C9H15NO3S2/c1-3-10(4-2)15(12,13)9-5-8(6-11)7-14-9/h5,7,11H,3-4,6H2,1-2H3. The summed E-state index contributed by atoms with van der Waals surface area (Å²) in [6, 6.07) is 1.53. The van der Waals surface area contributed by atoms with E-state index in [0.29, 0.717) is 22.9 Å². The molecule has 0 saturated heterocycles. The maximum atomic E-state index is 12.0. The van der Waals surface area contributed by atoms with Crippen LogP contribution in [-0.2, 0) is 16.6 Å². The third-order valence-electron chi connectivity index (χ3n) is 2.11. The van der Waals surface area contributed by atoms with Crippen LogP contribution in [-0.4, -0.2) is 30.9 Å². The van der Waals surface area contributed by atoms with Gasteiger partial charge in [-0.1, -0.05) is 13.8 Å². The molecular formula is C9H15NO3S2. The average Bonchev–Trinajstić information content (AvgIpc) is 2.67. The Morgan fingerprint density at radius 2 is 2.00 bits per heavy atom. The highest BCUT2D eigenvalue weighted by Gasteiger charge is 2.23. The van der Waals surface area contributed by atoms with Crippen molar-refractivity contribution in [1.82, 2.24) is 4.31 Å². The van der Waals surface area contributed by atoms with Crippen molar-refractivity contribution >= 4 is 21.4 Å². The zero-order chi connectivity index (χ0) is 11.5. The van der Waals surface area contributed by atoms with Gasteiger partial charge in [0.15, 0.2) is 0 Å². The molecule has 15 heavy (non-hydrogen) atoms. The molecule has 1 rings (SSSR count). The molecule has 1 aromatic rings. The van der Waals surface area contributed by atoms with Crippen LogP contribution >= 0.6 is 11.3 Å². The Labute approximate surface area is 94.2 Å². The van der Waals surface area contributed by atoms with E-state index in [1.165, 1.54) is 10.4 Å². The molecule has 0 atom stereocenters. The second-order valence-electron chi connectivity index (χ2n) is 3.02. The van der Waals surface area contributed by atoms with E-state index >= 15 is 0 Å². The Balaban J connectivity index is 3.04. The second-order valence-corrected chi connectivity index (χ2v) is 6.10. The van der Waals surface area contributed by atoms with Crippen LogP contribution in [0.5, 0.6) is 0 Å². The van der Waals surface area contributed by atoms with Gasteiger partial charge in [-0.15, -0.1) is 11.3 Å². The van der Waals surface area contributed by atoms with Crippen LogP contribution in [0, 0.1) is 0 Å². The molecule has 6 heteroatoms. The lowest BCUT2D eigenvalue weighted by Gasteiger charge is -2.16. The Bertz CT molecular complexity index is 407. The number of nitrogens with zero attached hydrogens (tertiary/aromatic N) is 1. The van der Waals surface area contributed by atoms with Crippen molar-refractivity contribution < 1.29 is 13.5 Å². The van der Waals surface area contributed by atoms with Gasteiger partial charge in [0.05, 0.1) is 6.61 Å². The molecule has 1 heterocycles. The molecule has 0 spiro atoms. The lowest BCUT2D eigenvalue weighted by Crippen LogP contribution is -2.29. The van der Waals surface area contributed by atoms with E-state index < -0.39 is 10.0 Å². The molecule has 0 aromatic carbocycles. The third-order valence-corrected chi connectivity index (χ3v) is 5.63. The van der Waals surface area contributed by atoms with E-state index in [-0.39, 0.29) is 6.61 Å². The Hall–Kier alpha value is -0.430. The fourth-order valence-electron chi connectivity index (χ4n) is 1.26. The topological polar surface area (TPSA) is 57.6 Å². The van der Waals surface area contributed by atoms with Crippen molar-refractivity contribution in [3.05, 3.63) is 17.0 Å². The van der Waals surface area contributed by atoms with Crippen LogP contribution in [0.25, 0.3) is 0 Å². The van der Waals surface area contributed by atoms with Gasteiger partial charge in [-0.05, 0) is 17.0 Å². The summed E-state index contributed by atoms with van der Waals surface area (Å²) >= 11 is 1.15. The summed E-state index contributed by atoms with van der Waals surface area (Å²) in [6.45, 7) is 4.42. The van der Waals surface area contributed by atoms with Gasteiger partial charge in [0.2, 0.25) is 0 Å². The van der Waals surface area contributed by atoms with Gasteiger partial charge in [0.25, 0.3) is 10.0 Å². The molecule has 1 N–H and O–H groups in total. The second kappa shape index (κ2) is 5.07. The van der Waals surface area contributed by atoms with Gasteiger partial charge >= 0.3 is 0 Å². The minimum Gasteiger partial charge on any atom is -0.392 e. The summed E-state index contributed by atoms with van der Waals surface area (Å²) < 4.78 is 25.7. The molecular weight excluding hydrogens is 234 g/mol. The summed E-state index contributed by atoms with van der Waals surface area (Å²) in [5.41, 5.74) is 0.644. The maximum absolute atomic E-state index is 12.0. The van der Waals surface area contributed by atoms with Crippen molar-refractivity contribution in [2.75, 3.05) is 13.1 Å². The highest BCUT2D eigenvalue weighted by molar-refractivity contribution is 7.91. The van der Waals surface area contributed by atoms with Gasteiger partial charge in [0.1, 0.15) is 4.21 Å². The van der Waals surface area contributed by atoms with Crippen molar-refractivity contribution in [2.45, 2.75) is 24.7 Å². The number of rotatable bonds is 5. The fourth-order valence-corrected chi connectivity index (χ4v) is 4.07. The van der Waals surface area contributed by atoms with E-state index in [4.69, 9.17) is 5.11 Å². The lowest BCUT2D eigenvalue weighted by atomic mass is 10.4. The monoisotopic (exact) mass is 249 g/mol. The van der Waals surface area contributed by atoms with Crippen molar-refractivity contribution in [3.63, 3.8) is 0 Å². The summed E-state index contributed by atoms with van der Waals surface area (Å²) in [5.74, 6) is 0. The summed E-state index contributed by atoms with van der Waals surface area (Å²) in [7, 11) is -3.35. The quantitative estimate of drug-likeness (QED) is 0.855. The van der Waals surface area contributed by atoms with Crippen molar-refractivity contribution in [3.8, 4) is 0 Å². The number of aliphatic hydroxyl groups excluding tert-OH is 1. The van der Waals surface area contributed by atoms with Crippen LogP contribution in [0.15, 0.2) is 15.7 Å². The smallest absolute Gasteiger partial charge is 0.252 e. The predicted molar refractivity (Wildman–Crippen MR) is 60.3 cm³/mol. The van der Waals surface area contributed by atoms with E-state index in [1.54, 1.807) is 5.38 Å². The molecule has 86 valence electrons. The first-order chi connectivity index (χ1) is 7.06. The molecule has 0 aliphatic carbocycles. The van der Waals surface area contributed by atoms with Crippen LogP contribution in [0.4, 0.5) is 0 Å². The molecule has 0 amide bonds. The van der Waals surface area contributed by atoms with E-state index in [1.807, 2.05) is 13.8 Å². The van der Waals surface area contributed by atoms with E-state index in [0.717, 1.165) is 11.3 Å². The van der Waals surface area contributed by atoms with E-state index in [9.17, 15) is 8.42 Å². The summed E-state index contributed by atoms with van der Waals surface area (Å²) in [4.78, 5) is 0. The van der Waals surface area contributed by atoms with E-state index in [2.05, 4.69) is 0 Å². The van der Waals surface area contributed by atoms with Crippen molar-refractivity contribution in [1.29, 1.82) is 0 Å². The molecule has 4 nitrogen and oxygen atoms in total. The number of aliphatic hydroxyl groups is 1. The number of thiophene rings is 1. The minimum absolute atomic E-state index is 0.121. The predicted octanol–water partition coefficient (Wildman–Crippen LogP) is 1.27. The SMILES string of the molecule is CCN(CC)S(=O)(=O)c1cc(CO)cs1. The van der Waals surface area contributed by atoms with Gasteiger partial charge in [-0.25, -0.2) is 8.42 Å². The molecule has 0 aliphatic heterocycles. The van der Waals surface area contributed by atoms with Gasteiger partial charge < -0.3 is 5.11 Å². The zero-order valence-electron chi connectivity index (χ0n) is 8.80. The lowest BCUT2D eigenvalue weighted by molar-refractivity contribution is 0.282. The van der Waals surface area contributed by atoms with Gasteiger partial charge in [0, 0.05) is 13.1 Å². The van der Waals surface area contributed by atoms with Crippen LogP contribution in [0.1, 0.15) is 19.4 Å². The largest absolute Gasteiger partial charge is 0.392 e. The van der Waals surface area contributed by atoms with Crippen LogP contribution < -0.4 is 0 Å².